The molecule has 0 aromatic carbocycles. The van der Waals surface area contributed by atoms with Gasteiger partial charge in [0, 0.05) is 18.9 Å². The first-order valence-corrected chi connectivity index (χ1v) is 4.93. The second-order valence-electron chi connectivity index (χ2n) is 3.39. The smallest absolute Gasteiger partial charge is 0.0953 e. The highest BCUT2D eigenvalue weighted by atomic mass is 15.0. The molecule has 0 aliphatic heterocycles. The molecule has 0 radical (unpaired) electrons. The molecule has 4 nitrogen and oxygen atoms in total. The lowest BCUT2D eigenvalue weighted by atomic mass is 10.3. The predicted molar refractivity (Wildman–Crippen MR) is 58.3 cm³/mol. The van der Waals surface area contributed by atoms with Gasteiger partial charge in [0.1, 0.15) is 0 Å². The lowest BCUT2D eigenvalue weighted by molar-refractivity contribution is 0.766. The van der Waals surface area contributed by atoms with Crippen LogP contribution in [0.25, 0.3) is 0 Å². The average molecular weight is 202 g/mol. The van der Waals surface area contributed by atoms with Gasteiger partial charge in [0.05, 0.1) is 24.3 Å². The maximum Gasteiger partial charge on any atom is 0.0953 e. The molecule has 0 aliphatic carbocycles. The Morgan fingerprint density at radius 1 is 1.27 bits per heavy atom. The summed E-state index contributed by atoms with van der Waals surface area (Å²) in [6.45, 7) is 1.58. The monoisotopic (exact) mass is 202 g/mol. The van der Waals surface area contributed by atoms with Gasteiger partial charge in [-0.15, -0.1) is 0 Å². The van der Waals surface area contributed by atoms with Crippen LogP contribution in [0.1, 0.15) is 11.4 Å². The standard InChI is InChI=1S/C11H14N4/c1-12-6-11-8-15(9-14-11)7-10-4-2-3-5-13-10/h2-5,8-9,12H,6-7H2,1H3. The summed E-state index contributed by atoms with van der Waals surface area (Å²) in [6, 6.07) is 5.93. The first-order chi connectivity index (χ1) is 7.38. The van der Waals surface area contributed by atoms with Crippen molar-refractivity contribution >= 4 is 0 Å². The van der Waals surface area contributed by atoms with E-state index in [1.54, 1.807) is 6.20 Å². The van der Waals surface area contributed by atoms with Crippen molar-refractivity contribution in [3.8, 4) is 0 Å². The van der Waals surface area contributed by atoms with Crippen LogP contribution in [0.15, 0.2) is 36.9 Å². The zero-order chi connectivity index (χ0) is 10.5. The molecule has 2 heterocycles. The Morgan fingerprint density at radius 3 is 2.93 bits per heavy atom. The van der Waals surface area contributed by atoms with Crippen molar-refractivity contribution in [3.05, 3.63) is 48.3 Å². The fourth-order valence-electron chi connectivity index (χ4n) is 1.44. The first kappa shape index (κ1) is 9.86. The second kappa shape index (κ2) is 4.70. The van der Waals surface area contributed by atoms with Gasteiger partial charge in [-0.25, -0.2) is 4.98 Å². The van der Waals surface area contributed by atoms with Crippen molar-refractivity contribution < 1.29 is 0 Å². The molecule has 2 aromatic rings. The van der Waals surface area contributed by atoms with Crippen molar-refractivity contribution in [2.24, 2.45) is 0 Å². The fraction of sp³-hybridized carbons (Fsp3) is 0.273. The van der Waals surface area contributed by atoms with Gasteiger partial charge >= 0.3 is 0 Å². The molecule has 78 valence electrons. The summed E-state index contributed by atoms with van der Waals surface area (Å²) in [5.74, 6) is 0. The van der Waals surface area contributed by atoms with Gasteiger partial charge in [-0.3, -0.25) is 4.98 Å². The van der Waals surface area contributed by atoms with E-state index in [1.165, 1.54) is 0 Å². The molecule has 0 amide bonds. The van der Waals surface area contributed by atoms with E-state index in [0.29, 0.717) is 0 Å². The van der Waals surface area contributed by atoms with Crippen LogP contribution in [-0.2, 0) is 13.1 Å². The van der Waals surface area contributed by atoms with E-state index in [9.17, 15) is 0 Å². The minimum atomic E-state index is 0.775. The van der Waals surface area contributed by atoms with E-state index in [-0.39, 0.29) is 0 Å². The van der Waals surface area contributed by atoms with Gasteiger partial charge in [0.25, 0.3) is 0 Å². The summed E-state index contributed by atoms with van der Waals surface area (Å²) in [5.41, 5.74) is 2.10. The Hall–Kier alpha value is -1.68. The van der Waals surface area contributed by atoms with Crippen molar-refractivity contribution in [2.75, 3.05) is 7.05 Å². The molecule has 0 fully saturated rings. The van der Waals surface area contributed by atoms with Crippen molar-refractivity contribution in [2.45, 2.75) is 13.1 Å². The third-order valence-corrected chi connectivity index (χ3v) is 2.12. The van der Waals surface area contributed by atoms with Crippen LogP contribution in [0.2, 0.25) is 0 Å². The van der Waals surface area contributed by atoms with Gasteiger partial charge < -0.3 is 9.88 Å². The summed E-state index contributed by atoms with van der Waals surface area (Å²) in [7, 11) is 1.91. The minimum Gasteiger partial charge on any atom is -0.331 e. The lowest BCUT2D eigenvalue weighted by Gasteiger charge is -2.00. The van der Waals surface area contributed by atoms with Crippen LogP contribution in [0.3, 0.4) is 0 Å². The van der Waals surface area contributed by atoms with Crippen LogP contribution >= 0.6 is 0 Å². The number of imidazole rings is 1. The second-order valence-corrected chi connectivity index (χ2v) is 3.39. The third-order valence-electron chi connectivity index (χ3n) is 2.12. The predicted octanol–water partition coefficient (Wildman–Crippen LogP) is 1.05. The van der Waals surface area contributed by atoms with Crippen molar-refractivity contribution in [1.82, 2.24) is 19.9 Å². The van der Waals surface area contributed by atoms with Gasteiger partial charge in [-0.2, -0.15) is 0 Å². The topological polar surface area (TPSA) is 42.7 Å². The number of hydrogen-bond acceptors (Lipinski definition) is 3. The Balaban J connectivity index is 2.05. The molecule has 2 aromatic heterocycles. The maximum atomic E-state index is 4.27. The SMILES string of the molecule is CNCc1cn(Cc2ccccn2)cn1. The first-order valence-electron chi connectivity index (χ1n) is 4.93. The molecule has 0 aliphatic rings. The van der Waals surface area contributed by atoms with E-state index in [1.807, 2.05) is 42.3 Å². The van der Waals surface area contributed by atoms with Gasteiger partial charge in [-0.1, -0.05) is 6.07 Å². The molecule has 4 heteroatoms. The largest absolute Gasteiger partial charge is 0.331 e. The van der Waals surface area contributed by atoms with E-state index in [2.05, 4.69) is 15.3 Å². The molecule has 0 bridgehead atoms. The van der Waals surface area contributed by atoms with Crippen molar-refractivity contribution in [3.63, 3.8) is 0 Å². The Kier molecular flexibility index (Phi) is 3.09. The highest BCUT2D eigenvalue weighted by molar-refractivity contribution is 5.05. The van der Waals surface area contributed by atoms with Gasteiger partial charge in [0.2, 0.25) is 0 Å². The fourth-order valence-corrected chi connectivity index (χ4v) is 1.44. The molecule has 0 saturated carbocycles. The number of pyridine rings is 1. The summed E-state index contributed by atoms with van der Waals surface area (Å²) in [5, 5.41) is 3.07. The van der Waals surface area contributed by atoms with Gasteiger partial charge in [0.15, 0.2) is 0 Å². The van der Waals surface area contributed by atoms with E-state index < -0.39 is 0 Å². The van der Waals surface area contributed by atoms with Crippen LogP contribution in [0.4, 0.5) is 0 Å². The van der Waals surface area contributed by atoms with E-state index in [0.717, 1.165) is 24.5 Å². The number of hydrogen-bond donors (Lipinski definition) is 1. The van der Waals surface area contributed by atoms with E-state index >= 15 is 0 Å². The zero-order valence-corrected chi connectivity index (χ0v) is 8.72. The molecule has 0 unspecified atom stereocenters. The summed E-state index contributed by atoms with van der Waals surface area (Å²) in [4.78, 5) is 8.54. The Morgan fingerprint density at radius 2 is 2.20 bits per heavy atom. The van der Waals surface area contributed by atoms with Crippen LogP contribution < -0.4 is 5.32 Å². The maximum absolute atomic E-state index is 4.27. The summed E-state index contributed by atoms with van der Waals surface area (Å²) in [6.07, 6.45) is 5.67. The zero-order valence-electron chi connectivity index (χ0n) is 8.72. The molecular weight excluding hydrogens is 188 g/mol. The Labute approximate surface area is 89.0 Å². The summed E-state index contributed by atoms with van der Waals surface area (Å²) < 4.78 is 2.04. The average Bonchev–Trinajstić information content (AvgIpc) is 2.68. The van der Waals surface area contributed by atoms with Crippen LogP contribution in [0.5, 0.6) is 0 Å². The summed E-state index contributed by atoms with van der Waals surface area (Å²) >= 11 is 0. The molecule has 2 rings (SSSR count). The number of nitrogens with one attached hydrogen (secondary N) is 1. The number of aromatic nitrogens is 3. The molecule has 15 heavy (non-hydrogen) atoms. The quantitative estimate of drug-likeness (QED) is 0.805. The van der Waals surface area contributed by atoms with Crippen LogP contribution in [0, 0.1) is 0 Å². The lowest BCUT2D eigenvalue weighted by Crippen LogP contribution is -2.05. The molecular formula is C11H14N4. The van der Waals surface area contributed by atoms with Crippen molar-refractivity contribution in [1.29, 1.82) is 0 Å². The molecule has 0 spiro atoms. The Bertz CT molecular complexity index is 408. The molecule has 0 saturated heterocycles. The normalized spacial score (nSPS) is 10.5. The highest BCUT2D eigenvalue weighted by Crippen LogP contribution is 2.00. The highest BCUT2D eigenvalue weighted by Gasteiger charge is 1.98. The molecule has 1 N–H and O–H groups in total. The number of rotatable bonds is 4. The van der Waals surface area contributed by atoms with E-state index in [4.69, 9.17) is 0 Å². The van der Waals surface area contributed by atoms with Gasteiger partial charge in [-0.05, 0) is 19.2 Å². The van der Waals surface area contributed by atoms with Crippen LogP contribution in [-0.4, -0.2) is 21.6 Å². The molecule has 0 atom stereocenters. The number of nitrogens with zero attached hydrogens (tertiary/aromatic N) is 3. The minimum absolute atomic E-state index is 0.775. The third kappa shape index (κ3) is 2.63.